The third-order valence-electron chi connectivity index (χ3n) is 2.54. The summed E-state index contributed by atoms with van der Waals surface area (Å²) in [5.41, 5.74) is -0.140. The number of carboxylic acids is 2. The average molecular weight is 239 g/mol. The maximum Gasteiger partial charge on any atom is 0.337 e. The Hall–Kier alpha value is -2.11. The van der Waals surface area contributed by atoms with Gasteiger partial charge >= 0.3 is 11.9 Å². The van der Waals surface area contributed by atoms with Gasteiger partial charge in [-0.2, -0.15) is 0 Å². The Morgan fingerprint density at radius 2 is 1.94 bits per heavy atom. The number of carboxylic acid groups (broad SMARTS) is 2. The zero-order valence-corrected chi connectivity index (χ0v) is 9.51. The van der Waals surface area contributed by atoms with Crippen molar-refractivity contribution in [2.75, 3.05) is 0 Å². The van der Waals surface area contributed by atoms with Crippen molar-refractivity contribution in [3.8, 4) is 0 Å². The van der Waals surface area contributed by atoms with E-state index < -0.39 is 23.6 Å². The van der Waals surface area contributed by atoms with E-state index in [4.69, 9.17) is 10.2 Å². The molecule has 1 rings (SSSR count). The van der Waals surface area contributed by atoms with E-state index in [1.807, 2.05) is 0 Å². The quantitative estimate of drug-likeness (QED) is 0.743. The monoisotopic (exact) mass is 239 g/mol. The van der Waals surface area contributed by atoms with Crippen LogP contribution >= 0.6 is 0 Å². The number of aromatic carboxylic acids is 1. The zero-order chi connectivity index (χ0) is 13.2. The molecular formula is C11H13NO5. The molecular weight excluding hydrogens is 226 g/mol. The summed E-state index contributed by atoms with van der Waals surface area (Å²) in [4.78, 5) is 33.6. The first-order chi connectivity index (χ1) is 7.90. The number of carbonyl (C=O) groups excluding carboxylic acids is 1. The van der Waals surface area contributed by atoms with Crippen molar-refractivity contribution in [1.29, 1.82) is 0 Å². The van der Waals surface area contributed by atoms with Gasteiger partial charge in [-0.1, -0.05) is 6.92 Å². The van der Waals surface area contributed by atoms with Crippen LogP contribution in [0.1, 0.15) is 35.3 Å². The fraction of sp³-hybridized carbons (Fsp3) is 0.364. The first kappa shape index (κ1) is 13.0. The fourth-order valence-corrected chi connectivity index (χ4v) is 1.69. The SMILES string of the molecule is CCC(=O)C(C(=O)O)c1c(C(=O)O)ccn1C. The highest BCUT2D eigenvalue weighted by atomic mass is 16.4. The van der Waals surface area contributed by atoms with Gasteiger partial charge in [0.1, 0.15) is 0 Å². The van der Waals surface area contributed by atoms with Crippen molar-refractivity contribution in [3.05, 3.63) is 23.5 Å². The molecule has 0 amide bonds. The number of rotatable bonds is 5. The molecule has 92 valence electrons. The highest BCUT2D eigenvalue weighted by Crippen LogP contribution is 2.23. The van der Waals surface area contributed by atoms with Crippen LogP contribution in [0.2, 0.25) is 0 Å². The predicted octanol–water partition coefficient (Wildman–Crippen LogP) is 0.871. The zero-order valence-electron chi connectivity index (χ0n) is 9.51. The molecule has 0 aliphatic rings. The van der Waals surface area contributed by atoms with Crippen LogP contribution in [-0.4, -0.2) is 32.5 Å². The Morgan fingerprint density at radius 3 is 2.35 bits per heavy atom. The van der Waals surface area contributed by atoms with Gasteiger partial charge in [0.05, 0.1) is 11.3 Å². The molecule has 17 heavy (non-hydrogen) atoms. The Labute approximate surface area is 97.5 Å². The summed E-state index contributed by atoms with van der Waals surface area (Å²) in [5, 5.41) is 18.0. The smallest absolute Gasteiger partial charge is 0.337 e. The molecule has 6 nitrogen and oxygen atoms in total. The van der Waals surface area contributed by atoms with E-state index in [0.717, 1.165) is 0 Å². The molecule has 0 saturated heterocycles. The summed E-state index contributed by atoms with van der Waals surface area (Å²) >= 11 is 0. The lowest BCUT2D eigenvalue weighted by Crippen LogP contribution is -2.25. The van der Waals surface area contributed by atoms with Gasteiger partial charge in [-0.3, -0.25) is 9.59 Å². The van der Waals surface area contributed by atoms with Crippen molar-refractivity contribution < 1.29 is 24.6 Å². The maximum atomic E-state index is 11.6. The molecule has 0 aliphatic carbocycles. The minimum Gasteiger partial charge on any atom is -0.480 e. The molecule has 0 saturated carbocycles. The molecule has 0 aliphatic heterocycles. The Morgan fingerprint density at radius 1 is 1.35 bits per heavy atom. The normalized spacial score (nSPS) is 12.1. The van der Waals surface area contributed by atoms with Gasteiger partial charge in [-0.05, 0) is 6.07 Å². The van der Waals surface area contributed by atoms with E-state index in [1.165, 1.54) is 23.9 Å². The molecule has 1 unspecified atom stereocenters. The minimum absolute atomic E-state index is 0.0110. The topological polar surface area (TPSA) is 96.6 Å². The first-order valence-corrected chi connectivity index (χ1v) is 5.04. The second kappa shape index (κ2) is 4.82. The van der Waals surface area contributed by atoms with Crippen molar-refractivity contribution in [3.63, 3.8) is 0 Å². The molecule has 1 atom stereocenters. The van der Waals surface area contributed by atoms with Gasteiger partial charge in [0.15, 0.2) is 11.7 Å². The largest absolute Gasteiger partial charge is 0.480 e. The van der Waals surface area contributed by atoms with E-state index in [9.17, 15) is 14.4 Å². The summed E-state index contributed by atoms with van der Waals surface area (Å²) in [5.74, 6) is -4.51. The van der Waals surface area contributed by atoms with Crippen molar-refractivity contribution in [1.82, 2.24) is 4.57 Å². The number of hydrogen-bond acceptors (Lipinski definition) is 3. The number of hydrogen-bond donors (Lipinski definition) is 2. The van der Waals surface area contributed by atoms with Gasteiger partial charge in [0.2, 0.25) is 0 Å². The minimum atomic E-state index is -1.42. The van der Waals surface area contributed by atoms with Crippen molar-refractivity contribution >= 4 is 17.7 Å². The highest BCUT2D eigenvalue weighted by molar-refractivity contribution is 6.05. The van der Waals surface area contributed by atoms with Gasteiger partial charge in [-0.15, -0.1) is 0 Å². The molecule has 2 N–H and O–H groups in total. The van der Waals surface area contributed by atoms with Crippen LogP contribution in [0.4, 0.5) is 0 Å². The number of aromatic nitrogens is 1. The third-order valence-corrected chi connectivity index (χ3v) is 2.54. The average Bonchev–Trinajstić information content (AvgIpc) is 2.60. The highest BCUT2D eigenvalue weighted by Gasteiger charge is 2.32. The van der Waals surface area contributed by atoms with Gasteiger partial charge in [0.25, 0.3) is 0 Å². The van der Waals surface area contributed by atoms with E-state index in [0.29, 0.717) is 0 Å². The molecule has 1 aromatic rings. The molecule has 1 aromatic heterocycles. The number of nitrogens with zero attached hydrogens (tertiary/aromatic N) is 1. The standard InChI is InChI=1S/C11H13NO5/c1-3-7(13)8(11(16)17)9-6(10(14)15)4-5-12(9)2/h4-5,8H,3H2,1-2H3,(H,14,15)(H,16,17). The summed E-state index contributed by atoms with van der Waals surface area (Å²) < 4.78 is 1.36. The lowest BCUT2D eigenvalue weighted by Gasteiger charge is -2.13. The van der Waals surface area contributed by atoms with Crippen LogP contribution < -0.4 is 0 Å². The predicted molar refractivity (Wildman–Crippen MR) is 58.0 cm³/mol. The Kier molecular flexibility index (Phi) is 3.67. The Balaban J connectivity index is 3.37. The van der Waals surface area contributed by atoms with Crippen LogP contribution in [0.5, 0.6) is 0 Å². The van der Waals surface area contributed by atoms with Gasteiger partial charge in [0, 0.05) is 19.7 Å². The van der Waals surface area contributed by atoms with Crippen LogP contribution in [0.15, 0.2) is 12.3 Å². The molecule has 0 spiro atoms. The summed E-state index contributed by atoms with van der Waals surface area (Å²) in [6.07, 6.45) is 1.47. The van der Waals surface area contributed by atoms with Crippen LogP contribution in [0, 0.1) is 0 Å². The fourth-order valence-electron chi connectivity index (χ4n) is 1.69. The van der Waals surface area contributed by atoms with Gasteiger partial charge in [-0.25, -0.2) is 4.79 Å². The van der Waals surface area contributed by atoms with E-state index >= 15 is 0 Å². The van der Waals surface area contributed by atoms with Crippen LogP contribution in [-0.2, 0) is 16.6 Å². The van der Waals surface area contributed by atoms with E-state index in [1.54, 1.807) is 6.92 Å². The van der Waals surface area contributed by atoms with Gasteiger partial charge < -0.3 is 14.8 Å². The molecule has 0 radical (unpaired) electrons. The van der Waals surface area contributed by atoms with Crippen LogP contribution in [0.3, 0.4) is 0 Å². The molecule has 0 fully saturated rings. The lowest BCUT2D eigenvalue weighted by molar-refractivity contribution is -0.142. The number of aryl methyl sites for hydroxylation is 1. The van der Waals surface area contributed by atoms with Crippen molar-refractivity contribution in [2.45, 2.75) is 19.3 Å². The summed E-state index contributed by atoms with van der Waals surface area (Å²) in [6.45, 7) is 1.54. The maximum absolute atomic E-state index is 11.6. The summed E-state index contributed by atoms with van der Waals surface area (Å²) in [7, 11) is 1.51. The summed E-state index contributed by atoms with van der Waals surface area (Å²) in [6, 6.07) is 1.29. The number of aliphatic carboxylic acids is 1. The van der Waals surface area contributed by atoms with E-state index in [2.05, 4.69) is 0 Å². The molecule has 1 heterocycles. The molecule has 0 bridgehead atoms. The first-order valence-electron chi connectivity index (χ1n) is 5.04. The van der Waals surface area contributed by atoms with E-state index in [-0.39, 0.29) is 17.7 Å². The number of carbonyl (C=O) groups is 3. The number of Topliss-reactive ketones (excluding diaryl/α,β-unsaturated/α-hetero) is 1. The van der Waals surface area contributed by atoms with Crippen molar-refractivity contribution in [2.24, 2.45) is 7.05 Å². The van der Waals surface area contributed by atoms with Crippen LogP contribution in [0.25, 0.3) is 0 Å². The lowest BCUT2D eigenvalue weighted by atomic mass is 9.95. The molecule has 6 heteroatoms. The Bertz CT molecular complexity index is 474. The second-order valence-corrected chi connectivity index (χ2v) is 3.62. The number of ketones is 1. The molecule has 0 aromatic carbocycles. The third kappa shape index (κ3) is 2.35. The second-order valence-electron chi connectivity index (χ2n) is 3.62.